The summed E-state index contributed by atoms with van der Waals surface area (Å²) in [7, 11) is 0. The monoisotopic (exact) mass is 277 g/mol. The number of carboxylic acid groups (broad SMARTS) is 1. The number of hydrogen-bond donors (Lipinski definition) is 1. The number of fused-ring (bicyclic) bond motifs is 1. The Kier molecular flexibility index (Phi) is 3.40. The number of rotatable bonds is 4. The van der Waals surface area contributed by atoms with Gasteiger partial charge >= 0.3 is 5.97 Å². The van der Waals surface area contributed by atoms with Crippen molar-refractivity contribution in [3.63, 3.8) is 0 Å². The molecule has 100 valence electrons. The van der Waals surface area contributed by atoms with E-state index >= 15 is 0 Å². The first-order chi connectivity index (χ1) is 9.24. The third-order valence-corrected chi connectivity index (χ3v) is 4.37. The van der Waals surface area contributed by atoms with Gasteiger partial charge in [-0.3, -0.25) is 9.69 Å². The lowest BCUT2D eigenvalue weighted by atomic mass is 10.2. The van der Waals surface area contributed by atoms with Crippen LogP contribution in [-0.2, 0) is 4.79 Å². The number of likely N-dealkylation sites (tertiary alicyclic amines) is 1. The highest BCUT2D eigenvalue weighted by Gasteiger charge is 2.30. The zero-order valence-corrected chi connectivity index (χ0v) is 11.2. The first-order valence-electron chi connectivity index (χ1n) is 6.31. The van der Waals surface area contributed by atoms with E-state index in [1.54, 1.807) is 11.3 Å². The third kappa shape index (κ3) is 2.57. The maximum absolute atomic E-state index is 11.1. The molecule has 1 saturated heterocycles. The van der Waals surface area contributed by atoms with Gasteiger partial charge in [-0.1, -0.05) is 0 Å². The normalized spacial score (nSPS) is 19.9. The molecule has 0 bridgehead atoms. The van der Waals surface area contributed by atoms with Crippen molar-refractivity contribution in [2.45, 2.75) is 18.9 Å². The molecule has 1 fully saturated rings. The van der Waals surface area contributed by atoms with Crippen LogP contribution in [0.1, 0.15) is 12.8 Å². The van der Waals surface area contributed by atoms with Crippen LogP contribution in [0.15, 0.2) is 29.6 Å². The van der Waals surface area contributed by atoms with Crippen LogP contribution in [-0.4, -0.2) is 35.3 Å². The number of nitrogens with zero attached hydrogens (tertiary/aromatic N) is 1. The smallest absolute Gasteiger partial charge is 0.321 e. The third-order valence-electron chi connectivity index (χ3n) is 3.47. The first-order valence-corrected chi connectivity index (χ1v) is 7.19. The summed E-state index contributed by atoms with van der Waals surface area (Å²) in [6, 6.07) is 7.63. The van der Waals surface area contributed by atoms with Gasteiger partial charge in [0.1, 0.15) is 18.5 Å². The zero-order chi connectivity index (χ0) is 13.2. The van der Waals surface area contributed by atoms with Crippen LogP contribution in [0.5, 0.6) is 5.75 Å². The minimum Gasteiger partial charge on any atom is -0.480 e. The minimum absolute atomic E-state index is 0.340. The molecule has 1 N–H and O–H groups in total. The molecule has 2 heterocycles. The van der Waals surface area contributed by atoms with Gasteiger partial charge < -0.3 is 9.84 Å². The van der Waals surface area contributed by atoms with Gasteiger partial charge in [-0.2, -0.15) is 0 Å². The average Bonchev–Trinajstić information content (AvgIpc) is 3.04. The number of hydrogen-bond acceptors (Lipinski definition) is 4. The molecule has 4 nitrogen and oxygen atoms in total. The van der Waals surface area contributed by atoms with Crippen LogP contribution in [0.4, 0.5) is 0 Å². The van der Waals surface area contributed by atoms with Gasteiger partial charge in [0.15, 0.2) is 0 Å². The Morgan fingerprint density at radius 2 is 2.37 bits per heavy atom. The summed E-state index contributed by atoms with van der Waals surface area (Å²) < 4.78 is 6.95. The molecule has 0 amide bonds. The van der Waals surface area contributed by atoms with Crippen LogP contribution in [0.3, 0.4) is 0 Å². The highest BCUT2D eigenvalue weighted by molar-refractivity contribution is 7.17. The highest BCUT2D eigenvalue weighted by atomic mass is 32.1. The van der Waals surface area contributed by atoms with Crippen molar-refractivity contribution < 1.29 is 14.6 Å². The molecule has 5 heteroatoms. The maximum Gasteiger partial charge on any atom is 0.321 e. The van der Waals surface area contributed by atoms with Gasteiger partial charge in [-0.05, 0) is 47.9 Å². The topological polar surface area (TPSA) is 49.8 Å². The van der Waals surface area contributed by atoms with Crippen molar-refractivity contribution in [2.75, 3.05) is 13.3 Å². The summed E-state index contributed by atoms with van der Waals surface area (Å²) in [5, 5.41) is 12.3. The molecule has 1 aromatic carbocycles. The van der Waals surface area contributed by atoms with E-state index in [4.69, 9.17) is 9.84 Å². The second kappa shape index (κ2) is 5.19. The van der Waals surface area contributed by atoms with Crippen molar-refractivity contribution >= 4 is 27.4 Å². The molecule has 0 radical (unpaired) electrons. The van der Waals surface area contributed by atoms with Gasteiger partial charge in [0.05, 0.1) is 0 Å². The molecule has 1 unspecified atom stereocenters. The molecule has 0 saturated carbocycles. The van der Waals surface area contributed by atoms with E-state index in [-0.39, 0.29) is 0 Å². The van der Waals surface area contributed by atoms with Crippen molar-refractivity contribution in [2.24, 2.45) is 0 Å². The standard InChI is InChI=1S/C14H15NO3S/c16-14(17)12-2-1-6-15(12)9-18-11-3-4-13-10(8-11)5-7-19-13/h3-5,7-8,12H,1-2,6,9H2,(H,16,17). The van der Waals surface area contributed by atoms with E-state index in [1.165, 1.54) is 10.1 Å². The summed E-state index contributed by atoms with van der Waals surface area (Å²) in [5.41, 5.74) is 0. The number of carboxylic acids is 1. The molecule has 19 heavy (non-hydrogen) atoms. The maximum atomic E-state index is 11.1. The fourth-order valence-corrected chi connectivity index (χ4v) is 3.22. The van der Waals surface area contributed by atoms with Gasteiger partial charge in [-0.25, -0.2) is 0 Å². The van der Waals surface area contributed by atoms with Crippen LogP contribution in [0, 0.1) is 0 Å². The van der Waals surface area contributed by atoms with E-state index < -0.39 is 12.0 Å². The molecule has 2 aromatic rings. The van der Waals surface area contributed by atoms with Crippen molar-refractivity contribution in [3.05, 3.63) is 29.6 Å². The van der Waals surface area contributed by atoms with Gasteiger partial charge in [-0.15, -0.1) is 11.3 Å². The fourth-order valence-electron chi connectivity index (χ4n) is 2.45. The molecule has 1 atom stereocenters. The lowest BCUT2D eigenvalue weighted by Gasteiger charge is -2.21. The molecule has 0 aliphatic carbocycles. The summed E-state index contributed by atoms with van der Waals surface area (Å²) in [6.07, 6.45) is 1.63. The molecule has 1 aliphatic heterocycles. The second-order valence-corrected chi connectivity index (χ2v) is 5.65. The Morgan fingerprint density at radius 1 is 1.47 bits per heavy atom. The summed E-state index contributed by atoms with van der Waals surface area (Å²) in [4.78, 5) is 12.9. The van der Waals surface area contributed by atoms with E-state index in [0.717, 1.165) is 18.7 Å². The SMILES string of the molecule is O=C(O)C1CCCN1COc1ccc2sccc2c1. The number of carbonyl (C=O) groups is 1. The summed E-state index contributed by atoms with van der Waals surface area (Å²) in [6.45, 7) is 1.13. The number of ether oxygens (including phenoxy) is 1. The minimum atomic E-state index is -0.755. The lowest BCUT2D eigenvalue weighted by Crippen LogP contribution is -2.38. The Balaban J connectivity index is 1.66. The molecule has 1 aliphatic rings. The first kappa shape index (κ1) is 12.4. The van der Waals surface area contributed by atoms with Crippen LogP contribution >= 0.6 is 11.3 Å². The van der Waals surface area contributed by atoms with Crippen LogP contribution < -0.4 is 4.74 Å². The van der Waals surface area contributed by atoms with E-state index in [2.05, 4.69) is 11.4 Å². The highest BCUT2D eigenvalue weighted by Crippen LogP contribution is 2.26. The van der Waals surface area contributed by atoms with E-state index in [1.807, 2.05) is 23.1 Å². The largest absolute Gasteiger partial charge is 0.480 e. The van der Waals surface area contributed by atoms with E-state index in [0.29, 0.717) is 13.2 Å². The Bertz CT molecular complexity index is 595. The molecule has 1 aromatic heterocycles. The van der Waals surface area contributed by atoms with Gasteiger partial charge in [0.25, 0.3) is 0 Å². The van der Waals surface area contributed by atoms with Crippen molar-refractivity contribution in [1.29, 1.82) is 0 Å². The van der Waals surface area contributed by atoms with Crippen molar-refractivity contribution in [1.82, 2.24) is 4.90 Å². The molecule has 3 rings (SSSR count). The van der Waals surface area contributed by atoms with Gasteiger partial charge in [0, 0.05) is 11.2 Å². The second-order valence-electron chi connectivity index (χ2n) is 4.70. The zero-order valence-electron chi connectivity index (χ0n) is 10.4. The predicted molar refractivity (Wildman–Crippen MR) is 74.7 cm³/mol. The Morgan fingerprint density at radius 3 is 3.21 bits per heavy atom. The van der Waals surface area contributed by atoms with Gasteiger partial charge in [0.2, 0.25) is 0 Å². The number of thiophene rings is 1. The Labute approximate surface area is 115 Å². The number of aliphatic carboxylic acids is 1. The summed E-state index contributed by atoms with van der Waals surface area (Å²) in [5.74, 6) is 0.0383. The fraction of sp³-hybridized carbons (Fsp3) is 0.357. The molecule has 0 spiro atoms. The van der Waals surface area contributed by atoms with Crippen molar-refractivity contribution in [3.8, 4) is 5.75 Å². The Hall–Kier alpha value is -1.59. The average molecular weight is 277 g/mol. The number of benzene rings is 1. The molecular formula is C14H15NO3S. The quantitative estimate of drug-likeness (QED) is 0.933. The lowest BCUT2D eigenvalue weighted by molar-refractivity contribution is -0.143. The van der Waals surface area contributed by atoms with Crippen LogP contribution in [0.25, 0.3) is 10.1 Å². The predicted octanol–water partition coefficient (Wildman–Crippen LogP) is 2.79. The molecular weight excluding hydrogens is 262 g/mol. The van der Waals surface area contributed by atoms with E-state index in [9.17, 15) is 4.79 Å². The summed E-state index contributed by atoms with van der Waals surface area (Å²) >= 11 is 1.70. The van der Waals surface area contributed by atoms with Crippen LogP contribution in [0.2, 0.25) is 0 Å².